The summed E-state index contributed by atoms with van der Waals surface area (Å²) in [6.45, 7) is -0.285. The number of amides is 1. The highest BCUT2D eigenvalue weighted by molar-refractivity contribution is 5.94. The standard InChI is InChI=1S/C18H17NO6/c1-23-17(21)12-7-9-13(10-8-12)19-16(20)11-25-15-6-4-3-5-14(15)18(22)24-2/h3-10H,11H2,1-2H3,(H,19,20). The monoisotopic (exact) mass is 343 g/mol. The van der Waals surface area contributed by atoms with Crippen LogP contribution in [0.15, 0.2) is 48.5 Å². The van der Waals surface area contributed by atoms with E-state index in [-0.39, 0.29) is 17.9 Å². The van der Waals surface area contributed by atoms with Crippen molar-refractivity contribution >= 4 is 23.5 Å². The highest BCUT2D eigenvalue weighted by atomic mass is 16.5. The van der Waals surface area contributed by atoms with Crippen molar-refractivity contribution in [2.75, 3.05) is 26.1 Å². The maximum atomic E-state index is 12.0. The van der Waals surface area contributed by atoms with Gasteiger partial charge in [0.25, 0.3) is 5.91 Å². The normalized spacial score (nSPS) is 9.84. The van der Waals surface area contributed by atoms with Crippen LogP contribution in [0.5, 0.6) is 5.75 Å². The van der Waals surface area contributed by atoms with Crippen LogP contribution in [0.1, 0.15) is 20.7 Å². The Kier molecular flexibility index (Phi) is 6.11. The van der Waals surface area contributed by atoms with E-state index in [4.69, 9.17) is 4.74 Å². The van der Waals surface area contributed by atoms with Gasteiger partial charge in [0.15, 0.2) is 6.61 Å². The van der Waals surface area contributed by atoms with E-state index in [0.29, 0.717) is 11.3 Å². The molecule has 25 heavy (non-hydrogen) atoms. The minimum atomic E-state index is -0.547. The highest BCUT2D eigenvalue weighted by Crippen LogP contribution is 2.19. The second-order valence-electron chi connectivity index (χ2n) is 4.89. The van der Waals surface area contributed by atoms with Crippen LogP contribution in [0.2, 0.25) is 0 Å². The van der Waals surface area contributed by atoms with E-state index in [1.807, 2.05) is 0 Å². The van der Waals surface area contributed by atoms with Gasteiger partial charge in [-0.2, -0.15) is 0 Å². The molecule has 0 aliphatic carbocycles. The van der Waals surface area contributed by atoms with E-state index in [2.05, 4.69) is 14.8 Å². The third kappa shape index (κ3) is 4.81. The molecule has 2 aromatic rings. The molecule has 0 heterocycles. The summed E-state index contributed by atoms with van der Waals surface area (Å²) in [5.74, 6) is -1.16. The largest absolute Gasteiger partial charge is 0.483 e. The zero-order valence-electron chi connectivity index (χ0n) is 13.8. The number of hydrogen-bond donors (Lipinski definition) is 1. The fourth-order valence-corrected chi connectivity index (χ4v) is 2.02. The van der Waals surface area contributed by atoms with E-state index in [1.165, 1.54) is 26.4 Å². The summed E-state index contributed by atoms with van der Waals surface area (Å²) in [7, 11) is 2.56. The smallest absolute Gasteiger partial charge is 0.341 e. The van der Waals surface area contributed by atoms with Gasteiger partial charge in [0, 0.05) is 5.69 Å². The first kappa shape index (κ1) is 18.0. The molecule has 7 heteroatoms. The summed E-state index contributed by atoms with van der Waals surface area (Å²) in [6, 6.07) is 12.7. The highest BCUT2D eigenvalue weighted by Gasteiger charge is 2.13. The minimum Gasteiger partial charge on any atom is -0.483 e. The van der Waals surface area contributed by atoms with Crippen LogP contribution < -0.4 is 10.1 Å². The lowest BCUT2D eigenvalue weighted by atomic mass is 10.2. The quantitative estimate of drug-likeness (QED) is 0.809. The van der Waals surface area contributed by atoms with Crippen molar-refractivity contribution in [1.29, 1.82) is 0 Å². The molecule has 0 spiro atoms. The molecule has 0 aromatic heterocycles. The third-order valence-electron chi connectivity index (χ3n) is 3.24. The average Bonchev–Trinajstić information content (AvgIpc) is 2.66. The predicted octanol–water partition coefficient (Wildman–Crippen LogP) is 2.28. The van der Waals surface area contributed by atoms with Gasteiger partial charge in [-0.25, -0.2) is 9.59 Å². The van der Waals surface area contributed by atoms with Crippen molar-refractivity contribution in [2.45, 2.75) is 0 Å². The summed E-state index contributed by atoms with van der Waals surface area (Å²) in [6.07, 6.45) is 0. The average molecular weight is 343 g/mol. The molecule has 0 aliphatic heterocycles. The Morgan fingerprint density at radius 1 is 0.880 bits per heavy atom. The van der Waals surface area contributed by atoms with Gasteiger partial charge >= 0.3 is 11.9 Å². The summed E-state index contributed by atoms with van der Waals surface area (Å²) in [4.78, 5) is 35.0. The molecule has 0 bridgehead atoms. The third-order valence-corrected chi connectivity index (χ3v) is 3.24. The van der Waals surface area contributed by atoms with Crippen molar-refractivity contribution in [1.82, 2.24) is 0 Å². The lowest BCUT2D eigenvalue weighted by Crippen LogP contribution is -2.21. The Labute approximate surface area is 144 Å². The van der Waals surface area contributed by atoms with E-state index in [9.17, 15) is 14.4 Å². The summed E-state index contributed by atoms with van der Waals surface area (Å²) < 4.78 is 14.6. The number of para-hydroxylation sites is 1. The Bertz CT molecular complexity index is 769. The molecule has 0 radical (unpaired) electrons. The Balaban J connectivity index is 1.95. The van der Waals surface area contributed by atoms with Crippen molar-refractivity contribution in [3.63, 3.8) is 0 Å². The van der Waals surface area contributed by atoms with Gasteiger partial charge in [-0.15, -0.1) is 0 Å². The molecule has 0 atom stereocenters. The summed E-state index contributed by atoms with van der Waals surface area (Å²) >= 11 is 0. The zero-order valence-corrected chi connectivity index (χ0v) is 13.8. The maximum absolute atomic E-state index is 12.0. The van der Waals surface area contributed by atoms with Crippen molar-refractivity contribution in [2.24, 2.45) is 0 Å². The minimum absolute atomic E-state index is 0.236. The van der Waals surface area contributed by atoms with Crippen LogP contribution in [-0.2, 0) is 14.3 Å². The van der Waals surface area contributed by atoms with Crippen LogP contribution in [0, 0.1) is 0 Å². The van der Waals surface area contributed by atoms with Gasteiger partial charge in [-0.1, -0.05) is 12.1 Å². The van der Waals surface area contributed by atoms with E-state index in [0.717, 1.165) is 0 Å². The lowest BCUT2D eigenvalue weighted by molar-refractivity contribution is -0.118. The van der Waals surface area contributed by atoms with Crippen molar-refractivity contribution < 1.29 is 28.6 Å². The molecule has 7 nitrogen and oxygen atoms in total. The topological polar surface area (TPSA) is 90.9 Å². The number of ether oxygens (including phenoxy) is 3. The first-order chi connectivity index (χ1) is 12.0. The number of benzene rings is 2. The number of hydrogen-bond acceptors (Lipinski definition) is 6. The van der Waals surface area contributed by atoms with Crippen LogP contribution in [0.4, 0.5) is 5.69 Å². The molecule has 0 saturated carbocycles. The maximum Gasteiger partial charge on any atom is 0.341 e. The molecule has 1 amide bonds. The number of nitrogens with one attached hydrogen (secondary N) is 1. The second-order valence-corrected chi connectivity index (χ2v) is 4.89. The molecule has 2 aromatic carbocycles. The molecule has 0 saturated heterocycles. The SMILES string of the molecule is COC(=O)c1ccc(NC(=O)COc2ccccc2C(=O)OC)cc1. The van der Waals surface area contributed by atoms with Crippen LogP contribution in [0.3, 0.4) is 0 Å². The van der Waals surface area contributed by atoms with Crippen LogP contribution in [-0.4, -0.2) is 38.7 Å². The van der Waals surface area contributed by atoms with Gasteiger partial charge in [0.2, 0.25) is 0 Å². The van der Waals surface area contributed by atoms with Gasteiger partial charge in [-0.3, -0.25) is 4.79 Å². The zero-order chi connectivity index (χ0) is 18.2. The van der Waals surface area contributed by atoms with E-state index < -0.39 is 17.8 Å². The number of anilines is 1. The first-order valence-electron chi connectivity index (χ1n) is 7.33. The van der Waals surface area contributed by atoms with Crippen LogP contribution in [0.25, 0.3) is 0 Å². The summed E-state index contributed by atoms with van der Waals surface area (Å²) in [5, 5.41) is 2.63. The van der Waals surface area contributed by atoms with E-state index in [1.54, 1.807) is 36.4 Å². The first-order valence-corrected chi connectivity index (χ1v) is 7.33. The van der Waals surface area contributed by atoms with E-state index >= 15 is 0 Å². The number of carbonyl (C=O) groups is 3. The molecular formula is C18H17NO6. The molecule has 0 aliphatic rings. The van der Waals surface area contributed by atoms with Gasteiger partial charge in [0.05, 0.1) is 19.8 Å². The van der Waals surface area contributed by atoms with Gasteiger partial charge in [-0.05, 0) is 36.4 Å². The Morgan fingerprint density at radius 2 is 1.52 bits per heavy atom. The number of carbonyl (C=O) groups excluding carboxylic acids is 3. The number of methoxy groups -OCH3 is 2. The number of esters is 2. The molecule has 1 N–H and O–H groups in total. The second kappa shape index (κ2) is 8.49. The number of rotatable bonds is 6. The lowest BCUT2D eigenvalue weighted by Gasteiger charge is -2.10. The fraction of sp³-hybridized carbons (Fsp3) is 0.167. The van der Waals surface area contributed by atoms with Crippen molar-refractivity contribution in [3.05, 3.63) is 59.7 Å². The molecule has 2 rings (SSSR count). The van der Waals surface area contributed by atoms with Gasteiger partial charge < -0.3 is 19.5 Å². The molecular weight excluding hydrogens is 326 g/mol. The Morgan fingerprint density at radius 3 is 2.16 bits per heavy atom. The Hall–Kier alpha value is -3.35. The molecule has 0 fully saturated rings. The molecule has 0 unspecified atom stereocenters. The van der Waals surface area contributed by atoms with Gasteiger partial charge in [0.1, 0.15) is 11.3 Å². The van der Waals surface area contributed by atoms with Crippen molar-refractivity contribution in [3.8, 4) is 5.75 Å². The van der Waals surface area contributed by atoms with Crippen LogP contribution >= 0.6 is 0 Å². The molecule has 130 valence electrons. The summed E-state index contributed by atoms with van der Waals surface area (Å²) in [5.41, 5.74) is 1.12. The predicted molar refractivity (Wildman–Crippen MR) is 89.7 cm³/mol. The fourth-order valence-electron chi connectivity index (χ4n) is 2.02.